The van der Waals surface area contributed by atoms with E-state index in [4.69, 9.17) is 15.0 Å². The molecule has 0 aliphatic carbocycles. The Hall–Kier alpha value is -0.940. The summed E-state index contributed by atoms with van der Waals surface area (Å²) in [6.07, 6.45) is 3.39. The zero-order valence-corrected chi connectivity index (χ0v) is 11.2. The molecule has 98 valence electrons. The van der Waals surface area contributed by atoms with Crippen LogP contribution in [-0.2, 0) is 11.2 Å². The van der Waals surface area contributed by atoms with E-state index >= 15 is 0 Å². The van der Waals surface area contributed by atoms with E-state index in [0.717, 1.165) is 19.3 Å². The van der Waals surface area contributed by atoms with Crippen LogP contribution in [0.2, 0.25) is 0 Å². The highest BCUT2D eigenvalue weighted by Crippen LogP contribution is 2.19. The van der Waals surface area contributed by atoms with Crippen LogP contribution in [-0.4, -0.2) is 22.8 Å². The summed E-state index contributed by atoms with van der Waals surface area (Å²) in [5.74, 6) is 1.27. The summed E-state index contributed by atoms with van der Waals surface area (Å²) < 4.78 is 10.5. The maximum absolute atomic E-state index is 5.91. The molecule has 1 rings (SSSR count). The Bertz CT molecular complexity index is 331. The van der Waals surface area contributed by atoms with Crippen LogP contribution in [0.15, 0.2) is 4.52 Å². The van der Waals surface area contributed by atoms with Crippen LogP contribution in [0, 0.1) is 0 Å². The van der Waals surface area contributed by atoms with Crippen molar-refractivity contribution in [3.05, 3.63) is 11.7 Å². The van der Waals surface area contributed by atoms with Crippen LogP contribution >= 0.6 is 0 Å². The molecule has 2 N–H and O–H groups in total. The molecule has 1 unspecified atom stereocenters. The first-order chi connectivity index (χ1) is 7.96. The van der Waals surface area contributed by atoms with Crippen molar-refractivity contribution in [1.82, 2.24) is 10.1 Å². The SMILES string of the molecule is CCCC(OC)c1noc(CCC(C)(C)N)n1. The quantitative estimate of drug-likeness (QED) is 0.792. The Kier molecular flexibility index (Phi) is 5.08. The van der Waals surface area contributed by atoms with Crippen molar-refractivity contribution < 1.29 is 9.26 Å². The van der Waals surface area contributed by atoms with Crippen molar-refractivity contribution in [1.29, 1.82) is 0 Å². The number of hydrogen-bond donors (Lipinski definition) is 1. The predicted octanol–water partition coefficient (Wildman–Crippen LogP) is 2.23. The van der Waals surface area contributed by atoms with E-state index < -0.39 is 0 Å². The molecule has 0 saturated heterocycles. The molecule has 1 heterocycles. The number of rotatable bonds is 7. The fraction of sp³-hybridized carbons (Fsp3) is 0.833. The van der Waals surface area contributed by atoms with Gasteiger partial charge < -0.3 is 15.0 Å². The van der Waals surface area contributed by atoms with Crippen LogP contribution in [0.5, 0.6) is 0 Å². The van der Waals surface area contributed by atoms with E-state index in [1.165, 1.54) is 0 Å². The molecule has 0 amide bonds. The smallest absolute Gasteiger partial charge is 0.226 e. The molecule has 5 heteroatoms. The minimum atomic E-state index is -0.210. The molecule has 0 aliphatic rings. The summed E-state index contributed by atoms with van der Waals surface area (Å²) >= 11 is 0. The van der Waals surface area contributed by atoms with Gasteiger partial charge in [-0.2, -0.15) is 4.98 Å². The topological polar surface area (TPSA) is 74.2 Å². The minimum absolute atomic E-state index is 0.0663. The van der Waals surface area contributed by atoms with Crippen molar-refractivity contribution in [3.8, 4) is 0 Å². The van der Waals surface area contributed by atoms with Gasteiger partial charge in [-0.1, -0.05) is 18.5 Å². The number of ether oxygens (including phenoxy) is 1. The average Bonchev–Trinajstić information content (AvgIpc) is 2.70. The van der Waals surface area contributed by atoms with Gasteiger partial charge in [0.2, 0.25) is 11.7 Å². The normalized spacial score (nSPS) is 13.9. The maximum atomic E-state index is 5.91. The lowest BCUT2D eigenvalue weighted by molar-refractivity contribution is 0.0854. The van der Waals surface area contributed by atoms with Gasteiger partial charge in [-0.25, -0.2) is 0 Å². The van der Waals surface area contributed by atoms with Gasteiger partial charge in [-0.05, 0) is 26.7 Å². The molecule has 0 spiro atoms. The number of nitrogens with two attached hydrogens (primary N) is 1. The molecule has 0 bridgehead atoms. The molecule has 1 aromatic rings. The molecule has 0 aliphatic heterocycles. The van der Waals surface area contributed by atoms with Crippen LogP contribution < -0.4 is 5.73 Å². The van der Waals surface area contributed by atoms with Gasteiger partial charge in [-0.3, -0.25) is 0 Å². The number of nitrogens with zero attached hydrogens (tertiary/aromatic N) is 2. The lowest BCUT2D eigenvalue weighted by Crippen LogP contribution is -2.32. The molecular formula is C12H23N3O2. The molecule has 1 aromatic heterocycles. The summed E-state index contributed by atoms with van der Waals surface area (Å²) in [5, 5.41) is 3.95. The van der Waals surface area contributed by atoms with E-state index in [2.05, 4.69) is 17.1 Å². The molecule has 0 radical (unpaired) electrons. The summed E-state index contributed by atoms with van der Waals surface area (Å²) in [6.45, 7) is 6.07. The molecule has 5 nitrogen and oxygen atoms in total. The van der Waals surface area contributed by atoms with Crippen molar-refractivity contribution >= 4 is 0 Å². The van der Waals surface area contributed by atoms with Gasteiger partial charge in [0.15, 0.2) is 0 Å². The van der Waals surface area contributed by atoms with Crippen molar-refractivity contribution in [3.63, 3.8) is 0 Å². The first-order valence-electron chi connectivity index (χ1n) is 6.10. The standard InChI is InChI=1S/C12H23N3O2/c1-5-6-9(16-4)11-14-10(17-15-11)7-8-12(2,3)13/h9H,5-8,13H2,1-4H3. The van der Waals surface area contributed by atoms with E-state index in [1.807, 2.05) is 13.8 Å². The Morgan fingerprint density at radius 2 is 2.18 bits per heavy atom. The largest absolute Gasteiger partial charge is 0.373 e. The third kappa shape index (κ3) is 4.83. The summed E-state index contributed by atoms with van der Waals surface area (Å²) in [5.41, 5.74) is 5.70. The lowest BCUT2D eigenvalue weighted by atomic mass is 10.0. The van der Waals surface area contributed by atoms with Crippen molar-refractivity contribution in [2.75, 3.05) is 7.11 Å². The Balaban J connectivity index is 2.58. The number of aromatic nitrogens is 2. The molecule has 0 saturated carbocycles. The van der Waals surface area contributed by atoms with Gasteiger partial charge in [0.1, 0.15) is 6.10 Å². The Morgan fingerprint density at radius 3 is 2.71 bits per heavy atom. The highest BCUT2D eigenvalue weighted by Gasteiger charge is 2.18. The first-order valence-corrected chi connectivity index (χ1v) is 6.10. The zero-order valence-electron chi connectivity index (χ0n) is 11.2. The van der Waals surface area contributed by atoms with Crippen LogP contribution in [0.25, 0.3) is 0 Å². The fourth-order valence-electron chi connectivity index (χ4n) is 1.54. The molecule has 0 aromatic carbocycles. The second-order valence-electron chi connectivity index (χ2n) is 5.05. The van der Waals surface area contributed by atoms with E-state index in [1.54, 1.807) is 7.11 Å². The van der Waals surface area contributed by atoms with Crippen molar-refractivity contribution in [2.45, 2.75) is 58.1 Å². The van der Waals surface area contributed by atoms with Gasteiger partial charge >= 0.3 is 0 Å². The minimum Gasteiger partial charge on any atom is -0.373 e. The van der Waals surface area contributed by atoms with Crippen LogP contribution in [0.1, 0.15) is 57.9 Å². The van der Waals surface area contributed by atoms with Gasteiger partial charge in [0.25, 0.3) is 0 Å². The highest BCUT2D eigenvalue weighted by atomic mass is 16.5. The summed E-state index contributed by atoms with van der Waals surface area (Å²) in [6, 6.07) is 0. The van der Waals surface area contributed by atoms with E-state index in [0.29, 0.717) is 18.1 Å². The fourth-order valence-corrected chi connectivity index (χ4v) is 1.54. The first kappa shape index (κ1) is 14.1. The third-order valence-corrected chi connectivity index (χ3v) is 2.59. The average molecular weight is 241 g/mol. The zero-order chi connectivity index (χ0) is 12.9. The second kappa shape index (κ2) is 6.12. The molecular weight excluding hydrogens is 218 g/mol. The Labute approximate surface area is 103 Å². The number of hydrogen-bond acceptors (Lipinski definition) is 5. The number of aryl methyl sites for hydroxylation is 1. The Morgan fingerprint density at radius 1 is 1.47 bits per heavy atom. The van der Waals surface area contributed by atoms with Crippen LogP contribution in [0.3, 0.4) is 0 Å². The third-order valence-electron chi connectivity index (χ3n) is 2.59. The second-order valence-corrected chi connectivity index (χ2v) is 5.05. The highest BCUT2D eigenvalue weighted by molar-refractivity contribution is 4.92. The molecule has 1 atom stereocenters. The van der Waals surface area contributed by atoms with Gasteiger partial charge in [0.05, 0.1) is 0 Å². The monoisotopic (exact) mass is 241 g/mol. The van der Waals surface area contributed by atoms with Crippen molar-refractivity contribution in [2.24, 2.45) is 5.73 Å². The van der Waals surface area contributed by atoms with Gasteiger partial charge in [-0.15, -0.1) is 0 Å². The van der Waals surface area contributed by atoms with Gasteiger partial charge in [0, 0.05) is 19.1 Å². The molecule has 0 fully saturated rings. The van der Waals surface area contributed by atoms with Crippen LogP contribution in [0.4, 0.5) is 0 Å². The maximum Gasteiger partial charge on any atom is 0.226 e. The van der Waals surface area contributed by atoms with E-state index in [9.17, 15) is 0 Å². The number of methoxy groups -OCH3 is 1. The predicted molar refractivity (Wildman–Crippen MR) is 65.5 cm³/mol. The summed E-state index contributed by atoms with van der Waals surface area (Å²) in [7, 11) is 1.67. The summed E-state index contributed by atoms with van der Waals surface area (Å²) in [4.78, 5) is 4.34. The van der Waals surface area contributed by atoms with E-state index in [-0.39, 0.29) is 11.6 Å². The lowest BCUT2D eigenvalue weighted by Gasteiger charge is -2.16. The molecule has 17 heavy (non-hydrogen) atoms.